The van der Waals surface area contributed by atoms with Crippen LogP contribution < -0.4 is 5.32 Å². The molecule has 1 aliphatic heterocycles. The highest BCUT2D eigenvalue weighted by Gasteiger charge is 2.32. The molecule has 0 bridgehead atoms. The summed E-state index contributed by atoms with van der Waals surface area (Å²) in [6.45, 7) is 2.18. The molecule has 1 saturated carbocycles. The Morgan fingerprint density at radius 2 is 2.08 bits per heavy atom. The predicted molar refractivity (Wildman–Crippen MR) is 91.7 cm³/mol. The lowest BCUT2D eigenvalue weighted by molar-refractivity contribution is -0.134. The lowest BCUT2D eigenvalue weighted by Gasteiger charge is -2.22. The molecule has 4 rings (SSSR count). The molecule has 1 aliphatic carbocycles. The summed E-state index contributed by atoms with van der Waals surface area (Å²) in [7, 11) is 0. The number of carbonyl (C=O) groups excluding carboxylic acids is 2. The van der Waals surface area contributed by atoms with Crippen LogP contribution in [0.15, 0.2) is 18.2 Å². The molecule has 24 heavy (non-hydrogen) atoms. The van der Waals surface area contributed by atoms with E-state index in [0.717, 1.165) is 35.4 Å². The van der Waals surface area contributed by atoms with E-state index in [0.29, 0.717) is 12.5 Å². The number of nitrogens with one attached hydrogen (secondary N) is 2. The van der Waals surface area contributed by atoms with Crippen molar-refractivity contribution in [3.63, 3.8) is 0 Å². The van der Waals surface area contributed by atoms with E-state index in [1.165, 1.54) is 26.2 Å². The van der Waals surface area contributed by atoms with Crippen LogP contribution in [0.3, 0.4) is 0 Å². The summed E-state index contributed by atoms with van der Waals surface area (Å²) < 4.78 is 0. The van der Waals surface area contributed by atoms with Crippen molar-refractivity contribution in [2.45, 2.75) is 51.0 Å². The van der Waals surface area contributed by atoms with Gasteiger partial charge in [-0.3, -0.25) is 9.59 Å². The molecule has 2 N–H and O–H groups in total. The summed E-state index contributed by atoms with van der Waals surface area (Å²) in [5.41, 5.74) is 2.62. The fraction of sp³-hybridized carbons (Fsp3) is 0.500. The molecule has 0 radical (unpaired) electrons. The first-order valence-corrected chi connectivity index (χ1v) is 8.69. The number of carbonyl (C=O) groups is 2. The van der Waals surface area contributed by atoms with E-state index in [4.69, 9.17) is 0 Å². The first-order valence-electron chi connectivity index (χ1n) is 8.69. The Balaban J connectivity index is 1.51. The smallest absolute Gasteiger partial charge is 0.247 e. The summed E-state index contributed by atoms with van der Waals surface area (Å²) >= 11 is 0. The number of amides is 2. The molecule has 2 amide bonds. The second-order valence-electron chi connectivity index (χ2n) is 6.84. The number of H-pyrrole nitrogens is 1. The van der Waals surface area contributed by atoms with Crippen LogP contribution in [0.4, 0.5) is 5.69 Å². The van der Waals surface area contributed by atoms with E-state index >= 15 is 0 Å². The van der Waals surface area contributed by atoms with Gasteiger partial charge in [0.05, 0.1) is 11.0 Å². The van der Waals surface area contributed by atoms with Crippen molar-refractivity contribution < 1.29 is 9.59 Å². The van der Waals surface area contributed by atoms with Crippen LogP contribution in [-0.2, 0) is 9.59 Å². The largest absolute Gasteiger partial charge is 0.342 e. The van der Waals surface area contributed by atoms with Crippen LogP contribution in [0, 0.1) is 0 Å². The molecule has 6 heteroatoms. The summed E-state index contributed by atoms with van der Waals surface area (Å²) in [6, 6.07) is 5.38. The average Bonchev–Trinajstić information content (AvgIpc) is 3.10. The van der Waals surface area contributed by atoms with Gasteiger partial charge in [-0.1, -0.05) is 6.42 Å². The monoisotopic (exact) mass is 326 g/mol. The Morgan fingerprint density at radius 3 is 2.79 bits per heavy atom. The van der Waals surface area contributed by atoms with Gasteiger partial charge in [0.1, 0.15) is 11.9 Å². The van der Waals surface area contributed by atoms with Gasteiger partial charge < -0.3 is 15.2 Å². The van der Waals surface area contributed by atoms with Gasteiger partial charge in [0.2, 0.25) is 11.8 Å². The van der Waals surface area contributed by atoms with Gasteiger partial charge in [0.25, 0.3) is 0 Å². The van der Waals surface area contributed by atoms with Crippen molar-refractivity contribution in [3.8, 4) is 0 Å². The number of likely N-dealkylation sites (tertiary alicyclic amines) is 1. The van der Waals surface area contributed by atoms with Gasteiger partial charge in [0.15, 0.2) is 0 Å². The molecule has 0 spiro atoms. The van der Waals surface area contributed by atoms with E-state index in [9.17, 15) is 9.59 Å². The molecule has 2 aliphatic rings. The average molecular weight is 326 g/mol. The zero-order chi connectivity index (χ0) is 16.7. The van der Waals surface area contributed by atoms with Crippen LogP contribution in [0.5, 0.6) is 0 Å². The highest BCUT2D eigenvalue weighted by atomic mass is 16.2. The van der Waals surface area contributed by atoms with Gasteiger partial charge in [-0.2, -0.15) is 0 Å². The van der Waals surface area contributed by atoms with Gasteiger partial charge in [-0.25, -0.2) is 4.98 Å². The third-order valence-corrected chi connectivity index (χ3v) is 5.22. The molecule has 1 atom stereocenters. The van der Waals surface area contributed by atoms with Crippen molar-refractivity contribution in [2.24, 2.45) is 0 Å². The van der Waals surface area contributed by atoms with E-state index in [-0.39, 0.29) is 17.9 Å². The Kier molecular flexibility index (Phi) is 3.75. The molecule has 2 fully saturated rings. The van der Waals surface area contributed by atoms with Gasteiger partial charge >= 0.3 is 0 Å². The third kappa shape index (κ3) is 2.66. The number of nitrogens with zero attached hydrogens (tertiary/aromatic N) is 2. The first kappa shape index (κ1) is 15.2. The minimum atomic E-state index is -0.356. The molecular formula is C18H22N4O2. The SMILES string of the molecule is CC(=O)N1CCC[C@@H]1C(=O)Nc1ccc2nc(C3CCC3)[nH]c2c1. The minimum Gasteiger partial charge on any atom is -0.342 e. The number of rotatable bonds is 3. The summed E-state index contributed by atoms with van der Waals surface area (Å²) in [6.07, 6.45) is 5.28. The molecule has 1 saturated heterocycles. The standard InChI is InChI=1S/C18H22N4O2/c1-11(23)22-9-3-6-16(22)18(24)19-13-7-8-14-15(10-13)21-17(20-14)12-4-2-5-12/h7-8,10,12,16H,2-6,9H2,1H3,(H,19,24)(H,20,21)/t16-/m1/s1. The number of aromatic amines is 1. The summed E-state index contributed by atoms with van der Waals surface area (Å²) in [5, 5.41) is 2.95. The number of anilines is 1. The number of hydrogen-bond donors (Lipinski definition) is 2. The van der Waals surface area contributed by atoms with Crippen LogP contribution in [0.25, 0.3) is 11.0 Å². The molecule has 6 nitrogen and oxygen atoms in total. The Morgan fingerprint density at radius 1 is 1.25 bits per heavy atom. The van der Waals surface area contributed by atoms with E-state index in [1.807, 2.05) is 18.2 Å². The third-order valence-electron chi connectivity index (χ3n) is 5.22. The van der Waals surface area contributed by atoms with Crippen LogP contribution >= 0.6 is 0 Å². The highest BCUT2D eigenvalue weighted by molar-refractivity contribution is 5.98. The van der Waals surface area contributed by atoms with Crippen molar-refractivity contribution in [1.29, 1.82) is 0 Å². The summed E-state index contributed by atoms with van der Waals surface area (Å²) in [4.78, 5) is 33.8. The highest BCUT2D eigenvalue weighted by Crippen LogP contribution is 2.35. The maximum atomic E-state index is 12.5. The Labute approximate surface area is 140 Å². The number of imidazole rings is 1. The van der Waals surface area contributed by atoms with E-state index in [2.05, 4.69) is 15.3 Å². The van der Waals surface area contributed by atoms with Crippen molar-refractivity contribution in [1.82, 2.24) is 14.9 Å². The van der Waals surface area contributed by atoms with Gasteiger partial charge in [0, 0.05) is 25.1 Å². The second-order valence-corrected chi connectivity index (χ2v) is 6.84. The predicted octanol–water partition coefficient (Wildman–Crippen LogP) is 2.78. The lowest BCUT2D eigenvalue weighted by Crippen LogP contribution is -2.42. The Hall–Kier alpha value is -2.37. The maximum Gasteiger partial charge on any atom is 0.247 e. The second kappa shape index (κ2) is 5.92. The fourth-order valence-electron chi connectivity index (χ4n) is 3.62. The molecule has 2 aromatic rings. The molecule has 2 heterocycles. The van der Waals surface area contributed by atoms with Crippen molar-refractivity contribution in [3.05, 3.63) is 24.0 Å². The number of benzene rings is 1. The van der Waals surface area contributed by atoms with Crippen molar-refractivity contribution >= 4 is 28.5 Å². The first-order chi connectivity index (χ1) is 11.6. The summed E-state index contributed by atoms with van der Waals surface area (Å²) in [5.74, 6) is 1.46. The van der Waals surface area contributed by atoms with Crippen molar-refractivity contribution in [2.75, 3.05) is 11.9 Å². The van der Waals surface area contributed by atoms with Gasteiger partial charge in [-0.15, -0.1) is 0 Å². The molecule has 1 aromatic heterocycles. The fourth-order valence-corrected chi connectivity index (χ4v) is 3.62. The normalized spacial score (nSPS) is 21.0. The van der Waals surface area contributed by atoms with Gasteiger partial charge in [-0.05, 0) is 43.9 Å². The van der Waals surface area contributed by atoms with E-state index < -0.39 is 0 Å². The van der Waals surface area contributed by atoms with Crippen LogP contribution in [0.2, 0.25) is 0 Å². The quantitative estimate of drug-likeness (QED) is 0.910. The molecule has 1 aromatic carbocycles. The maximum absolute atomic E-state index is 12.5. The number of aromatic nitrogens is 2. The molecule has 126 valence electrons. The lowest BCUT2D eigenvalue weighted by atomic mass is 9.85. The number of hydrogen-bond acceptors (Lipinski definition) is 3. The minimum absolute atomic E-state index is 0.0400. The Bertz CT molecular complexity index is 793. The zero-order valence-electron chi connectivity index (χ0n) is 13.8. The topological polar surface area (TPSA) is 78.1 Å². The number of fused-ring (bicyclic) bond motifs is 1. The zero-order valence-corrected chi connectivity index (χ0v) is 13.8. The van der Waals surface area contributed by atoms with Crippen LogP contribution in [0.1, 0.15) is 50.8 Å². The molecular weight excluding hydrogens is 304 g/mol. The molecule has 0 unspecified atom stereocenters. The van der Waals surface area contributed by atoms with E-state index in [1.54, 1.807) is 4.90 Å². The van der Waals surface area contributed by atoms with Crippen LogP contribution in [-0.4, -0.2) is 39.3 Å².